The Morgan fingerprint density at radius 2 is 1.89 bits per heavy atom. The van der Waals surface area contributed by atoms with Crippen LogP contribution in [0.2, 0.25) is 0 Å². The Labute approximate surface area is 118 Å². The van der Waals surface area contributed by atoms with Gasteiger partial charge in [-0.3, -0.25) is 0 Å². The number of nitrogens with zero attached hydrogens (tertiary/aromatic N) is 1. The van der Waals surface area contributed by atoms with Gasteiger partial charge in [0.25, 0.3) is 0 Å². The van der Waals surface area contributed by atoms with Crippen LogP contribution in [-0.4, -0.2) is 25.7 Å². The van der Waals surface area contributed by atoms with Gasteiger partial charge < -0.3 is 10.2 Å². The third kappa shape index (κ3) is 3.73. The van der Waals surface area contributed by atoms with Gasteiger partial charge in [0.15, 0.2) is 0 Å². The van der Waals surface area contributed by atoms with Crippen molar-refractivity contribution in [3.05, 3.63) is 29.8 Å². The van der Waals surface area contributed by atoms with Crippen LogP contribution in [0.1, 0.15) is 46.1 Å². The summed E-state index contributed by atoms with van der Waals surface area (Å²) < 4.78 is 0. The monoisotopic (exact) mass is 260 g/mol. The minimum atomic E-state index is 0.241. The predicted octanol–water partition coefficient (Wildman–Crippen LogP) is 3.56. The quantitative estimate of drug-likeness (QED) is 0.874. The van der Waals surface area contributed by atoms with E-state index in [0.717, 1.165) is 13.1 Å². The van der Waals surface area contributed by atoms with E-state index >= 15 is 0 Å². The maximum atomic E-state index is 3.62. The van der Waals surface area contributed by atoms with Crippen molar-refractivity contribution in [3.8, 4) is 0 Å². The zero-order chi connectivity index (χ0) is 13.9. The van der Waals surface area contributed by atoms with E-state index in [4.69, 9.17) is 0 Å². The lowest BCUT2D eigenvalue weighted by atomic mass is 9.87. The molecule has 0 aliphatic carbocycles. The van der Waals surface area contributed by atoms with E-state index in [1.807, 2.05) is 0 Å². The van der Waals surface area contributed by atoms with Crippen LogP contribution in [0.3, 0.4) is 0 Å². The summed E-state index contributed by atoms with van der Waals surface area (Å²) >= 11 is 0. The first-order valence-corrected chi connectivity index (χ1v) is 7.59. The molecule has 1 aliphatic rings. The first-order chi connectivity index (χ1) is 9.00. The molecule has 1 heterocycles. The highest BCUT2D eigenvalue weighted by Gasteiger charge is 2.18. The van der Waals surface area contributed by atoms with Crippen LogP contribution in [0, 0.1) is 0 Å². The van der Waals surface area contributed by atoms with Crippen LogP contribution in [0.25, 0.3) is 0 Å². The number of benzene rings is 1. The van der Waals surface area contributed by atoms with Gasteiger partial charge in [-0.15, -0.1) is 0 Å². The molecule has 19 heavy (non-hydrogen) atoms. The van der Waals surface area contributed by atoms with Gasteiger partial charge in [-0.05, 0) is 42.5 Å². The molecule has 2 rings (SSSR count). The molecule has 1 unspecified atom stereocenters. The summed E-state index contributed by atoms with van der Waals surface area (Å²) in [7, 11) is 0. The first-order valence-electron chi connectivity index (χ1n) is 7.59. The minimum absolute atomic E-state index is 0.241. The van der Waals surface area contributed by atoms with Crippen LogP contribution >= 0.6 is 0 Å². The fourth-order valence-electron chi connectivity index (χ4n) is 2.68. The first kappa shape index (κ1) is 14.4. The largest absolute Gasteiger partial charge is 0.370 e. The van der Waals surface area contributed by atoms with Crippen molar-refractivity contribution in [1.29, 1.82) is 0 Å². The SMILES string of the molecule is CCC1CN(c2ccc(C(C)(C)C)cc2)CCCN1. The Balaban J connectivity index is 2.12. The van der Waals surface area contributed by atoms with E-state index in [1.54, 1.807) is 0 Å². The van der Waals surface area contributed by atoms with Gasteiger partial charge in [0.1, 0.15) is 0 Å². The third-order valence-corrected chi connectivity index (χ3v) is 4.07. The maximum absolute atomic E-state index is 3.62. The Bertz CT molecular complexity index is 389. The van der Waals surface area contributed by atoms with Crippen molar-refractivity contribution in [1.82, 2.24) is 5.32 Å². The summed E-state index contributed by atoms with van der Waals surface area (Å²) in [5.41, 5.74) is 3.02. The van der Waals surface area contributed by atoms with Gasteiger partial charge in [0.2, 0.25) is 0 Å². The van der Waals surface area contributed by atoms with Crippen molar-refractivity contribution >= 4 is 5.69 Å². The van der Waals surface area contributed by atoms with Crippen LogP contribution < -0.4 is 10.2 Å². The molecular weight excluding hydrogens is 232 g/mol. The molecule has 0 spiro atoms. The molecule has 0 saturated carbocycles. The average molecular weight is 260 g/mol. The summed E-state index contributed by atoms with van der Waals surface area (Å²) in [4.78, 5) is 2.53. The van der Waals surface area contributed by atoms with Gasteiger partial charge in [0, 0.05) is 24.8 Å². The Morgan fingerprint density at radius 1 is 1.21 bits per heavy atom. The van der Waals surface area contributed by atoms with E-state index < -0.39 is 0 Å². The summed E-state index contributed by atoms with van der Waals surface area (Å²) in [6.07, 6.45) is 2.44. The van der Waals surface area contributed by atoms with Gasteiger partial charge in [-0.1, -0.05) is 39.8 Å². The normalized spacial score (nSPS) is 21.3. The fourth-order valence-corrected chi connectivity index (χ4v) is 2.68. The van der Waals surface area contributed by atoms with E-state index in [1.165, 1.54) is 30.6 Å². The molecule has 106 valence electrons. The molecule has 1 aromatic carbocycles. The van der Waals surface area contributed by atoms with Crippen LogP contribution in [0.4, 0.5) is 5.69 Å². The molecule has 1 atom stereocenters. The molecule has 1 N–H and O–H groups in total. The average Bonchev–Trinajstić information content (AvgIpc) is 2.63. The summed E-state index contributed by atoms with van der Waals surface area (Å²) in [6, 6.07) is 9.78. The summed E-state index contributed by atoms with van der Waals surface area (Å²) in [5, 5.41) is 3.62. The van der Waals surface area contributed by atoms with E-state index in [0.29, 0.717) is 6.04 Å². The number of rotatable bonds is 2. The third-order valence-electron chi connectivity index (χ3n) is 4.07. The fraction of sp³-hybridized carbons (Fsp3) is 0.647. The maximum Gasteiger partial charge on any atom is 0.0366 e. The van der Waals surface area contributed by atoms with Crippen molar-refractivity contribution in [3.63, 3.8) is 0 Å². The Kier molecular flexibility index (Phi) is 4.51. The number of anilines is 1. The highest BCUT2D eigenvalue weighted by atomic mass is 15.2. The molecule has 2 heteroatoms. The standard InChI is InChI=1S/C17H28N2/c1-5-15-13-19(12-6-11-18-15)16-9-7-14(8-10-16)17(2,3)4/h7-10,15,18H,5-6,11-13H2,1-4H3. The second-order valence-electron chi connectivity index (χ2n) is 6.66. The van der Waals surface area contributed by atoms with Crippen LogP contribution in [-0.2, 0) is 5.41 Å². The molecule has 0 amide bonds. The van der Waals surface area contributed by atoms with Gasteiger partial charge in [-0.2, -0.15) is 0 Å². The minimum Gasteiger partial charge on any atom is -0.370 e. The lowest BCUT2D eigenvalue weighted by molar-refractivity contribution is 0.528. The summed E-state index contributed by atoms with van der Waals surface area (Å²) in [6.45, 7) is 12.5. The highest BCUT2D eigenvalue weighted by Crippen LogP contribution is 2.25. The van der Waals surface area contributed by atoms with E-state index in [9.17, 15) is 0 Å². The van der Waals surface area contributed by atoms with Crippen molar-refractivity contribution in [2.75, 3.05) is 24.5 Å². The van der Waals surface area contributed by atoms with Crippen LogP contribution in [0.5, 0.6) is 0 Å². The van der Waals surface area contributed by atoms with Gasteiger partial charge >= 0.3 is 0 Å². The Hall–Kier alpha value is -1.02. The predicted molar refractivity (Wildman–Crippen MR) is 84.1 cm³/mol. The van der Waals surface area contributed by atoms with Gasteiger partial charge in [-0.25, -0.2) is 0 Å². The Morgan fingerprint density at radius 3 is 2.47 bits per heavy atom. The zero-order valence-electron chi connectivity index (χ0n) is 12.9. The van der Waals surface area contributed by atoms with Crippen molar-refractivity contribution in [2.24, 2.45) is 0 Å². The molecular formula is C17H28N2. The highest BCUT2D eigenvalue weighted by molar-refractivity contribution is 5.49. The number of nitrogens with one attached hydrogen (secondary N) is 1. The second-order valence-corrected chi connectivity index (χ2v) is 6.66. The number of hydrogen-bond acceptors (Lipinski definition) is 2. The second kappa shape index (κ2) is 5.96. The zero-order valence-corrected chi connectivity index (χ0v) is 12.9. The van der Waals surface area contributed by atoms with Crippen molar-refractivity contribution < 1.29 is 0 Å². The molecule has 0 aromatic heterocycles. The molecule has 1 saturated heterocycles. The van der Waals surface area contributed by atoms with Crippen molar-refractivity contribution in [2.45, 2.75) is 52.0 Å². The lowest BCUT2D eigenvalue weighted by Crippen LogP contribution is -2.37. The molecule has 1 fully saturated rings. The van der Waals surface area contributed by atoms with E-state index in [-0.39, 0.29) is 5.41 Å². The lowest BCUT2D eigenvalue weighted by Gasteiger charge is -2.27. The molecule has 0 radical (unpaired) electrons. The molecule has 1 aliphatic heterocycles. The molecule has 0 bridgehead atoms. The smallest absolute Gasteiger partial charge is 0.0366 e. The molecule has 1 aromatic rings. The van der Waals surface area contributed by atoms with E-state index in [2.05, 4.69) is 62.2 Å². The molecule has 2 nitrogen and oxygen atoms in total. The topological polar surface area (TPSA) is 15.3 Å². The number of hydrogen-bond donors (Lipinski definition) is 1. The van der Waals surface area contributed by atoms with Gasteiger partial charge in [0.05, 0.1) is 0 Å². The summed E-state index contributed by atoms with van der Waals surface area (Å²) in [5.74, 6) is 0. The van der Waals surface area contributed by atoms with Crippen LogP contribution in [0.15, 0.2) is 24.3 Å².